The average Bonchev–Trinajstić information content (AvgIpc) is 2.46. The van der Waals surface area contributed by atoms with Crippen LogP contribution in [0.3, 0.4) is 0 Å². The molecule has 1 amide bonds. The quantitative estimate of drug-likeness (QED) is 0.716. The molecular formula is C9H15NO3. The van der Waals surface area contributed by atoms with Crippen molar-refractivity contribution in [1.29, 1.82) is 0 Å². The van der Waals surface area contributed by atoms with E-state index in [2.05, 4.69) is 5.32 Å². The van der Waals surface area contributed by atoms with Gasteiger partial charge in [-0.15, -0.1) is 0 Å². The van der Waals surface area contributed by atoms with E-state index in [-0.39, 0.29) is 17.7 Å². The van der Waals surface area contributed by atoms with Gasteiger partial charge in [-0.3, -0.25) is 4.79 Å². The van der Waals surface area contributed by atoms with Gasteiger partial charge in [0.05, 0.1) is 6.04 Å². The van der Waals surface area contributed by atoms with Crippen molar-refractivity contribution in [3.8, 4) is 0 Å². The third kappa shape index (κ3) is 1.99. The Morgan fingerprint density at radius 3 is 2.69 bits per heavy atom. The fraction of sp³-hybridized carbons (Fsp3) is 0.778. The van der Waals surface area contributed by atoms with E-state index < -0.39 is 12.2 Å². The third-order valence-electron chi connectivity index (χ3n) is 2.23. The Bertz CT molecular complexity index is 225. The molecule has 0 radical (unpaired) electrons. The molecule has 1 heterocycles. The normalized spacial score (nSPS) is 27.2. The van der Waals surface area contributed by atoms with Crippen LogP contribution < -0.4 is 5.32 Å². The van der Waals surface area contributed by atoms with Crippen LogP contribution in [0.1, 0.15) is 27.2 Å². The van der Waals surface area contributed by atoms with Crippen LogP contribution in [0.4, 0.5) is 4.79 Å². The van der Waals surface area contributed by atoms with E-state index in [0.29, 0.717) is 6.42 Å². The first-order chi connectivity index (χ1) is 6.06. The van der Waals surface area contributed by atoms with E-state index in [9.17, 15) is 9.59 Å². The number of ether oxygens (including phenoxy) is 1. The number of carbonyl (C=O) groups is 2. The molecule has 2 atom stereocenters. The minimum atomic E-state index is -0.586. The van der Waals surface area contributed by atoms with Crippen LogP contribution in [0.5, 0.6) is 0 Å². The number of hydrogen-bond donors (Lipinski definition) is 1. The van der Waals surface area contributed by atoms with Gasteiger partial charge in [-0.1, -0.05) is 20.8 Å². The van der Waals surface area contributed by atoms with Crippen LogP contribution in [0.2, 0.25) is 0 Å². The van der Waals surface area contributed by atoms with Gasteiger partial charge in [-0.05, 0) is 5.92 Å². The summed E-state index contributed by atoms with van der Waals surface area (Å²) in [4.78, 5) is 22.3. The lowest BCUT2D eigenvalue weighted by molar-refractivity contribution is -0.126. The summed E-state index contributed by atoms with van der Waals surface area (Å²) >= 11 is 0. The second kappa shape index (κ2) is 3.77. The van der Waals surface area contributed by atoms with E-state index in [1.165, 1.54) is 0 Å². The lowest BCUT2D eigenvalue weighted by Gasteiger charge is -2.18. The first-order valence-electron chi connectivity index (χ1n) is 4.56. The molecule has 4 nitrogen and oxygen atoms in total. The highest BCUT2D eigenvalue weighted by Gasteiger charge is 2.39. The van der Waals surface area contributed by atoms with E-state index in [4.69, 9.17) is 4.74 Å². The zero-order valence-corrected chi connectivity index (χ0v) is 8.16. The number of carbonyl (C=O) groups excluding carboxylic acids is 2. The number of hydrogen-bond acceptors (Lipinski definition) is 3. The molecule has 0 saturated carbocycles. The average molecular weight is 185 g/mol. The van der Waals surface area contributed by atoms with Crippen molar-refractivity contribution in [2.45, 2.75) is 39.3 Å². The molecule has 74 valence electrons. The Labute approximate surface area is 77.6 Å². The zero-order chi connectivity index (χ0) is 10.0. The van der Waals surface area contributed by atoms with E-state index in [1.54, 1.807) is 6.92 Å². The van der Waals surface area contributed by atoms with Gasteiger partial charge in [0.2, 0.25) is 0 Å². The van der Waals surface area contributed by atoms with Crippen molar-refractivity contribution in [2.24, 2.45) is 5.92 Å². The predicted molar refractivity (Wildman–Crippen MR) is 47.3 cm³/mol. The van der Waals surface area contributed by atoms with Gasteiger partial charge in [0.15, 0.2) is 11.9 Å². The molecule has 1 saturated heterocycles. The van der Waals surface area contributed by atoms with Crippen molar-refractivity contribution >= 4 is 11.9 Å². The summed E-state index contributed by atoms with van der Waals surface area (Å²) in [5.74, 6) is 0.198. The zero-order valence-electron chi connectivity index (χ0n) is 8.16. The maximum absolute atomic E-state index is 11.4. The van der Waals surface area contributed by atoms with Gasteiger partial charge in [0.25, 0.3) is 0 Å². The molecule has 4 heteroatoms. The monoisotopic (exact) mass is 185 g/mol. The number of amides is 1. The molecule has 1 rings (SSSR count). The van der Waals surface area contributed by atoms with Gasteiger partial charge >= 0.3 is 6.09 Å². The molecule has 0 aromatic carbocycles. The number of nitrogens with one attached hydrogen (secondary N) is 1. The maximum Gasteiger partial charge on any atom is 0.408 e. The van der Waals surface area contributed by atoms with Crippen molar-refractivity contribution in [2.75, 3.05) is 0 Å². The highest BCUT2D eigenvalue weighted by molar-refractivity contribution is 5.88. The van der Waals surface area contributed by atoms with Crippen LogP contribution in [0.25, 0.3) is 0 Å². The number of Topliss-reactive ketones (excluding diaryl/α,β-unsaturated/α-hetero) is 1. The minimum Gasteiger partial charge on any atom is -0.436 e. The van der Waals surface area contributed by atoms with E-state index in [0.717, 1.165) is 0 Å². The summed E-state index contributed by atoms with van der Waals surface area (Å²) < 4.78 is 4.89. The summed E-state index contributed by atoms with van der Waals surface area (Å²) in [6.07, 6.45) is -0.661. The minimum absolute atomic E-state index is 0.0166. The van der Waals surface area contributed by atoms with Crippen molar-refractivity contribution in [1.82, 2.24) is 5.32 Å². The Morgan fingerprint density at radius 2 is 2.23 bits per heavy atom. The number of alkyl carbamates (subject to hydrolysis) is 1. The molecular weight excluding hydrogens is 170 g/mol. The Kier molecular flexibility index (Phi) is 2.90. The van der Waals surface area contributed by atoms with Crippen molar-refractivity contribution < 1.29 is 14.3 Å². The maximum atomic E-state index is 11.4. The SMILES string of the molecule is CCC(=O)C1OC(=O)N[C@H]1C(C)C. The van der Waals surface area contributed by atoms with Gasteiger partial charge < -0.3 is 10.1 Å². The molecule has 13 heavy (non-hydrogen) atoms. The molecule has 1 aliphatic rings. The van der Waals surface area contributed by atoms with Crippen molar-refractivity contribution in [3.63, 3.8) is 0 Å². The molecule has 0 aromatic rings. The number of ketones is 1. The van der Waals surface area contributed by atoms with Crippen LogP contribution in [-0.4, -0.2) is 24.0 Å². The molecule has 1 N–H and O–H groups in total. The lowest BCUT2D eigenvalue weighted by atomic mass is 9.96. The molecule has 1 unspecified atom stereocenters. The smallest absolute Gasteiger partial charge is 0.408 e. The molecule has 0 aliphatic carbocycles. The highest BCUT2D eigenvalue weighted by atomic mass is 16.6. The topological polar surface area (TPSA) is 55.4 Å². The predicted octanol–water partition coefficient (Wildman–Crippen LogP) is 1.10. The first-order valence-corrected chi connectivity index (χ1v) is 4.56. The fourth-order valence-electron chi connectivity index (χ4n) is 1.42. The van der Waals surface area contributed by atoms with E-state index >= 15 is 0 Å². The lowest BCUT2D eigenvalue weighted by Crippen LogP contribution is -2.40. The van der Waals surface area contributed by atoms with Crippen LogP contribution in [-0.2, 0) is 9.53 Å². The fourth-order valence-corrected chi connectivity index (χ4v) is 1.42. The van der Waals surface area contributed by atoms with Gasteiger partial charge in [-0.2, -0.15) is 0 Å². The summed E-state index contributed by atoms with van der Waals surface area (Å²) in [5, 5.41) is 2.64. The van der Waals surface area contributed by atoms with Crippen molar-refractivity contribution in [3.05, 3.63) is 0 Å². The highest BCUT2D eigenvalue weighted by Crippen LogP contribution is 2.17. The third-order valence-corrected chi connectivity index (χ3v) is 2.23. The van der Waals surface area contributed by atoms with Crippen LogP contribution >= 0.6 is 0 Å². The Morgan fingerprint density at radius 1 is 1.62 bits per heavy atom. The van der Waals surface area contributed by atoms with Crippen LogP contribution in [0, 0.1) is 5.92 Å². The summed E-state index contributed by atoms with van der Waals surface area (Å²) in [6, 6.07) is -0.167. The summed E-state index contributed by atoms with van der Waals surface area (Å²) in [6.45, 7) is 5.68. The second-order valence-corrected chi connectivity index (χ2v) is 3.56. The molecule has 1 fully saturated rings. The first kappa shape index (κ1) is 10.0. The Balaban J connectivity index is 2.71. The number of cyclic esters (lactones) is 1. The van der Waals surface area contributed by atoms with Gasteiger partial charge in [-0.25, -0.2) is 4.79 Å². The molecule has 0 aromatic heterocycles. The molecule has 0 spiro atoms. The largest absolute Gasteiger partial charge is 0.436 e. The second-order valence-electron chi connectivity index (χ2n) is 3.56. The Hall–Kier alpha value is -1.06. The standard InChI is InChI=1S/C9H15NO3/c1-4-6(11)8-7(5(2)3)10-9(12)13-8/h5,7-8H,4H2,1-3H3,(H,10,12)/t7-,8?/m0/s1. The van der Waals surface area contributed by atoms with Crippen LogP contribution in [0.15, 0.2) is 0 Å². The molecule has 0 bridgehead atoms. The van der Waals surface area contributed by atoms with Gasteiger partial charge in [0, 0.05) is 6.42 Å². The van der Waals surface area contributed by atoms with Gasteiger partial charge in [0.1, 0.15) is 0 Å². The summed E-state index contributed by atoms with van der Waals surface area (Å²) in [7, 11) is 0. The number of rotatable bonds is 3. The van der Waals surface area contributed by atoms with E-state index in [1.807, 2.05) is 13.8 Å². The summed E-state index contributed by atoms with van der Waals surface area (Å²) in [5.41, 5.74) is 0. The molecule has 1 aliphatic heterocycles.